The Morgan fingerprint density at radius 1 is 1.35 bits per heavy atom. The molecule has 2 heterocycles. The third-order valence-electron chi connectivity index (χ3n) is 4.49. The largest absolute Gasteiger partial charge is 0.379 e. The van der Waals surface area contributed by atoms with E-state index in [0.29, 0.717) is 31.0 Å². The maximum Gasteiger partial charge on any atom is 0.251 e. The molecule has 1 saturated heterocycles. The van der Waals surface area contributed by atoms with E-state index in [0.717, 1.165) is 37.6 Å². The van der Waals surface area contributed by atoms with Gasteiger partial charge in [-0.05, 0) is 37.1 Å². The van der Waals surface area contributed by atoms with E-state index in [1.54, 1.807) is 6.07 Å². The third-order valence-corrected chi connectivity index (χ3v) is 4.49. The van der Waals surface area contributed by atoms with Gasteiger partial charge >= 0.3 is 0 Å². The molecule has 2 aliphatic heterocycles. The van der Waals surface area contributed by atoms with Crippen LogP contribution >= 0.6 is 0 Å². The maximum atomic E-state index is 12.3. The van der Waals surface area contributed by atoms with Gasteiger partial charge in [0.1, 0.15) is 0 Å². The first-order valence-electron chi connectivity index (χ1n) is 8.16. The van der Waals surface area contributed by atoms with Crippen molar-refractivity contribution >= 4 is 17.5 Å². The Labute approximate surface area is 136 Å². The topological polar surface area (TPSA) is 70.7 Å². The Hall–Kier alpha value is -1.92. The monoisotopic (exact) mass is 317 g/mol. The van der Waals surface area contributed by atoms with Crippen LogP contribution in [0.15, 0.2) is 18.2 Å². The van der Waals surface area contributed by atoms with E-state index in [4.69, 9.17) is 4.74 Å². The quantitative estimate of drug-likeness (QED) is 0.870. The van der Waals surface area contributed by atoms with Gasteiger partial charge in [0.15, 0.2) is 0 Å². The fraction of sp³-hybridized carbons (Fsp3) is 0.529. The minimum absolute atomic E-state index is 0.0361. The number of rotatable bonds is 4. The van der Waals surface area contributed by atoms with Gasteiger partial charge in [-0.1, -0.05) is 0 Å². The molecule has 6 heteroatoms. The molecule has 0 saturated carbocycles. The van der Waals surface area contributed by atoms with Crippen molar-refractivity contribution in [2.24, 2.45) is 0 Å². The van der Waals surface area contributed by atoms with E-state index in [-0.39, 0.29) is 11.8 Å². The number of fused-ring (bicyclic) bond motifs is 1. The lowest BCUT2D eigenvalue weighted by molar-refractivity contribution is -0.116. The summed E-state index contributed by atoms with van der Waals surface area (Å²) < 4.78 is 5.35. The van der Waals surface area contributed by atoms with Crippen molar-refractivity contribution in [1.29, 1.82) is 0 Å². The summed E-state index contributed by atoms with van der Waals surface area (Å²) in [7, 11) is 0. The molecule has 1 fully saturated rings. The first-order chi connectivity index (χ1) is 11.1. The Morgan fingerprint density at radius 2 is 2.13 bits per heavy atom. The molecule has 23 heavy (non-hydrogen) atoms. The molecule has 0 unspecified atom stereocenters. The highest BCUT2D eigenvalue weighted by molar-refractivity contribution is 5.97. The van der Waals surface area contributed by atoms with Crippen LogP contribution in [-0.2, 0) is 16.0 Å². The third kappa shape index (κ3) is 3.89. The number of morpholine rings is 1. The van der Waals surface area contributed by atoms with Gasteiger partial charge in [0.25, 0.3) is 5.91 Å². The molecule has 124 valence electrons. The maximum absolute atomic E-state index is 12.3. The summed E-state index contributed by atoms with van der Waals surface area (Å²) >= 11 is 0. The number of carbonyl (C=O) groups is 2. The van der Waals surface area contributed by atoms with E-state index in [1.807, 2.05) is 12.1 Å². The zero-order chi connectivity index (χ0) is 16.2. The van der Waals surface area contributed by atoms with Gasteiger partial charge in [-0.2, -0.15) is 0 Å². The minimum atomic E-state index is -0.0650. The molecule has 3 rings (SSSR count). The van der Waals surface area contributed by atoms with E-state index in [9.17, 15) is 9.59 Å². The highest BCUT2D eigenvalue weighted by Gasteiger charge is 2.19. The van der Waals surface area contributed by atoms with Crippen LogP contribution < -0.4 is 10.6 Å². The molecule has 1 aromatic rings. The van der Waals surface area contributed by atoms with Crippen molar-refractivity contribution in [3.05, 3.63) is 29.3 Å². The van der Waals surface area contributed by atoms with E-state index in [1.165, 1.54) is 0 Å². The number of hydrogen-bond acceptors (Lipinski definition) is 4. The zero-order valence-corrected chi connectivity index (χ0v) is 13.4. The van der Waals surface area contributed by atoms with Gasteiger partial charge in [-0.15, -0.1) is 0 Å². The summed E-state index contributed by atoms with van der Waals surface area (Å²) in [5.41, 5.74) is 2.49. The van der Waals surface area contributed by atoms with Crippen LogP contribution in [-0.4, -0.2) is 55.6 Å². The van der Waals surface area contributed by atoms with E-state index in [2.05, 4.69) is 22.5 Å². The van der Waals surface area contributed by atoms with E-state index < -0.39 is 0 Å². The van der Waals surface area contributed by atoms with Crippen LogP contribution in [0.4, 0.5) is 5.69 Å². The molecule has 0 spiro atoms. The first-order valence-corrected chi connectivity index (χ1v) is 8.16. The average molecular weight is 317 g/mol. The predicted molar refractivity (Wildman–Crippen MR) is 87.6 cm³/mol. The number of benzene rings is 1. The predicted octanol–water partition coefficient (Wildman–Crippen LogP) is 1.02. The number of anilines is 1. The molecule has 0 bridgehead atoms. The Kier molecular flexibility index (Phi) is 4.93. The van der Waals surface area contributed by atoms with Crippen molar-refractivity contribution in [1.82, 2.24) is 10.2 Å². The number of hydrogen-bond donors (Lipinski definition) is 2. The van der Waals surface area contributed by atoms with Crippen molar-refractivity contribution in [3.8, 4) is 0 Å². The Balaban J connectivity index is 1.57. The van der Waals surface area contributed by atoms with Crippen LogP contribution in [0.2, 0.25) is 0 Å². The van der Waals surface area contributed by atoms with Gasteiger partial charge in [0.05, 0.1) is 13.2 Å². The fourth-order valence-corrected chi connectivity index (χ4v) is 3.01. The van der Waals surface area contributed by atoms with Gasteiger partial charge < -0.3 is 15.4 Å². The summed E-state index contributed by atoms with van der Waals surface area (Å²) in [4.78, 5) is 26.0. The van der Waals surface area contributed by atoms with Gasteiger partial charge in [-0.3, -0.25) is 14.5 Å². The summed E-state index contributed by atoms with van der Waals surface area (Å²) in [6.45, 7) is 6.08. The molecule has 1 atom stereocenters. The lowest BCUT2D eigenvalue weighted by atomic mass is 10.00. The summed E-state index contributed by atoms with van der Waals surface area (Å²) in [6, 6.07) is 5.75. The van der Waals surface area contributed by atoms with E-state index >= 15 is 0 Å². The molecular formula is C17H23N3O3. The molecule has 0 aromatic heterocycles. The second kappa shape index (κ2) is 7.10. The average Bonchev–Trinajstić information content (AvgIpc) is 2.59. The van der Waals surface area contributed by atoms with Crippen molar-refractivity contribution < 1.29 is 14.3 Å². The molecule has 2 N–H and O–H groups in total. The van der Waals surface area contributed by atoms with Crippen LogP contribution in [0, 0.1) is 0 Å². The summed E-state index contributed by atoms with van der Waals surface area (Å²) in [5.74, 6) is -0.0288. The standard InChI is InChI=1S/C17H23N3O3/c1-12(20-6-8-23-9-7-20)11-18-17(22)14-2-4-15-13(10-14)3-5-16(21)19-15/h2,4,10,12H,3,5-9,11H2,1H3,(H,18,22)(H,19,21)/t12-/m1/s1. The minimum Gasteiger partial charge on any atom is -0.379 e. The highest BCUT2D eigenvalue weighted by Crippen LogP contribution is 2.23. The molecule has 6 nitrogen and oxygen atoms in total. The van der Waals surface area contributed by atoms with Crippen LogP contribution in [0.5, 0.6) is 0 Å². The number of aryl methyl sites for hydroxylation is 1. The van der Waals surface area contributed by atoms with Crippen LogP contribution in [0.1, 0.15) is 29.3 Å². The lowest BCUT2D eigenvalue weighted by Gasteiger charge is -2.32. The highest BCUT2D eigenvalue weighted by atomic mass is 16.5. The SMILES string of the molecule is C[C@H](CNC(=O)c1ccc2c(c1)CCC(=O)N2)N1CCOCC1. The van der Waals surface area contributed by atoms with Crippen LogP contribution in [0.25, 0.3) is 0 Å². The molecule has 2 amide bonds. The number of ether oxygens (including phenoxy) is 1. The normalized spacial score (nSPS) is 19.6. The van der Waals surface area contributed by atoms with Gasteiger partial charge in [-0.25, -0.2) is 0 Å². The zero-order valence-electron chi connectivity index (χ0n) is 13.4. The van der Waals surface area contributed by atoms with Crippen molar-refractivity contribution in [2.75, 3.05) is 38.2 Å². The van der Waals surface area contributed by atoms with Gasteiger partial charge in [0, 0.05) is 43.3 Å². The molecule has 1 aromatic carbocycles. The Bertz CT molecular complexity index is 597. The molecule has 2 aliphatic rings. The second-order valence-corrected chi connectivity index (χ2v) is 6.13. The van der Waals surface area contributed by atoms with Crippen molar-refractivity contribution in [3.63, 3.8) is 0 Å². The molecule has 0 radical (unpaired) electrons. The van der Waals surface area contributed by atoms with Crippen molar-refractivity contribution in [2.45, 2.75) is 25.8 Å². The summed E-state index contributed by atoms with van der Waals surface area (Å²) in [5, 5.41) is 5.83. The molecular weight excluding hydrogens is 294 g/mol. The lowest BCUT2D eigenvalue weighted by Crippen LogP contribution is -2.47. The first kappa shape index (κ1) is 16.0. The summed E-state index contributed by atoms with van der Waals surface area (Å²) in [6.07, 6.45) is 1.17. The smallest absolute Gasteiger partial charge is 0.251 e. The second-order valence-electron chi connectivity index (χ2n) is 6.13. The number of amides is 2. The number of carbonyl (C=O) groups excluding carboxylic acids is 2. The Morgan fingerprint density at radius 3 is 2.91 bits per heavy atom. The number of nitrogens with zero attached hydrogens (tertiary/aromatic N) is 1. The fourth-order valence-electron chi connectivity index (χ4n) is 3.01. The van der Waals surface area contributed by atoms with Crippen LogP contribution in [0.3, 0.4) is 0 Å². The number of nitrogens with one attached hydrogen (secondary N) is 2. The molecule has 0 aliphatic carbocycles. The van der Waals surface area contributed by atoms with Gasteiger partial charge in [0.2, 0.25) is 5.91 Å².